The second-order valence-electron chi connectivity index (χ2n) is 8.60. The molecule has 2 aromatic carbocycles. The lowest BCUT2D eigenvalue weighted by atomic mass is 10.0. The molecule has 3 aromatic rings. The molecule has 188 valence electrons. The first-order valence-corrected chi connectivity index (χ1v) is 11.4. The summed E-state index contributed by atoms with van der Waals surface area (Å²) in [5.41, 5.74) is 5.41. The number of aliphatic carboxylic acids is 1. The van der Waals surface area contributed by atoms with Crippen molar-refractivity contribution in [2.24, 2.45) is 0 Å². The van der Waals surface area contributed by atoms with Crippen molar-refractivity contribution < 1.29 is 29.7 Å². The van der Waals surface area contributed by atoms with Gasteiger partial charge in [0.15, 0.2) is 11.8 Å². The molecule has 0 saturated carbocycles. The van der Waals surface area contributed by atoms with E-state index in [0.717, 1.165) is 16.7 Å². The second kappa shape index (κ2) is 11.1. The van der Waals surface area contributed by atoms with Gasteiger partial charge < -0.3 is 20.2 Å². The summed E-state index contributed by atoms with van der Waals surface area (Å²) < 4.78 is 0. The molecule has 11 nitrogen and oxygen atoms in total. The van der Waals surface area contributed by atoms with E-state index in [0.29, 0.717) is 13.0 Å². The van der Waals surface area contributed by atoms with Crippen LogP contribution >= 0.6 is 0 Å². The molecule has 0 bridgehead atoms. The smallest absolute Gasteiger partial charge is 0.333 e. The summed E-state index contributed by atoms with van der Waals surface area (Å²) in [6, 6.07) is 18.6. The van der Waals surface area contributed by atoms with E-state index in [1.807, 2.05) is 54.6 Å². The van der Waals surface area contributed by atoms with Crippen LogP contribution in [0.2, 0.25) is 0 Å². The molecule has 5 N–H and O–H groups in total. The maximum atomic E-state index is 12.8. The number of hydrazine groups is 1. The quantitative estimate of drug-likeness (QED) is 0.275. The summed E-state index contributed by atoms with van der Waals surface area (Å²) >= 11 is 0. The number of aromatic amines is 1. The Hall–Kier alpha value is -4.06. The summed E-state index contributed by atoms with van der Waals surface area (Å²) in [6.45, 7) is 0.365. The second-order valence-corrected chi connectivity index (χ2v) is 8.60. The molecule has 2 atom stereocenters. The molecule has 4 rings (SSSR count). The van der Waals surface area contributed by atoms with Crippen molar-refractivity contribution in [3.63, 3.8) is 0 Å². The number of hydrogen-bond acceptors (Lipinski definition) is 7. The Kier molecular flexibility index (Phi) is 7.74. The maximum Gasteiger partial charge on any atom is 0.333 e. The zero-order valence-corrected chi connectivity index (χ0v) is 19.4. The molecular formula is C25H27N5O6. The number of β-amino-alcohol motifs (C(OH)–C–C–N with tert-alkyl or cyclic N) is 1. The van der Waals surface area contributed by atoms with E-state index < -0.39 is 24.1 Å². The van der Waals surface area contributed by atoms with Gasteiger partial charge in [0.1, 0.15) is 5.69 Å². The van der Waals surface area contributed by atoms with Crippen LogP contribution in [0.15, 0.2) is 60.7 Å². The van der Waals surface area contributed by atoms with Gasteiger partial charge in [0, 0.05) is 25.7 Å². The van der Waals surface area contributed by atoms with Crippen LogP contribution in [-0.2, 0) is 11.3 Å². The highest BCUT2D eigenvalue weighted by Gasteiger charge is 2.28. The van der Waals surface area contributed by atoms with Crippen LogP contribution in [0.25, 0.3) is 11.1 Å². The predicted octanol–water partition coefficient (Wildman–Crippen LogP) is 0.876. The number of benzene rings is 2. The largest absolute Gasteiger partial charge is 0.479 e. The Balaban J connectivity index is 1.44. The number of nitrogens with zero attached hydrogens (tertiary/aromatic N) is 3. The number of carboxylic acid groups (broad SMARTS) is 1. The number of aliphatic hydroxyl groups excluding tert-OH is 2. The number of aliphatic hydroxyl groups is 2. The fraction of sp³-hybridized carbons (Fsp3) is 0.280. The van der Waals surface area contributed by atoms with Crippen molar-refractivity contribution in [2.75, 3.05) is 19.6 Å². The Labute approximate surface area is 206 Å². The van der Waals surface area contributed by atoms with Gasteiger partial charge >= 0.3 is 5.97 Å². The maximum absolute atomic E-state index is 12.8. The summed E-state index contributed by atoms with van der Waals surface area (Å²) in [6.07, 6.45) is -1.82. The van der Waals surface area contributed by atoms with E-state index in [-0.39, 0.29) is 36.9 Å². The zero-order valence-electron chi connectivity index (χ0n) is 19.4. The molecule has 36 heavy (non-hydrogen) atoms. The Morgan fingerprint density at radius 3 is 2.44 bits per heavy atom. The monoisotopic (exact) mass is 493 g/mol. The highest BCUT2D eigenvalue weighted by molar-refractivity contribution is 5.97. The highest BCUT2D eigenvalue weighted by atomic mass is 16.4. The molecule has 1 aliphatic heterocycles. The van der Waals surface area contributed by atoms with Crippen LogP contribution in [0.4, 0.5) is 0 Å². The SMILES string of the molecule is O=C(NN(Cc1ccc(-c2ccccc2)cc1)CC(O)C(=O)O)c1cc(C(=O)N2CCC(O)C2)[nH]n1. The van der Waals surface area contributed by atoms with Crippen molar-refractivity contribution in [1.82, 2.24) is 25.5 Å². The van der Waals surface area contributed by atoms with Crippen LogP contribution in [0.5, 0.6) is 0 Å². The number of likely N-dealkylation sites (tertiary alicyclic amines) is 1. The van der Waals surface area contributed by atoms with Crippen molar-refractivity contribution in [1.29, 1.82) is 0 Å². The van der Waals surface area contributed by atoms with Crippen LogP contribution in [0, 0.1) is 0 Å². The third kappa shape index (κ3) is 6.13. The minimum absolute atomic E-state index is 0.0765. The zero-order chi connectivity index (χ0) is 25.7. The van der Waals surface area contributed by atoms with Gasteiger partial charge in [-0.3, -0.25) is 20.1 Å². The van der Waals surface area contributed by atoms with Gasteiger partial charge in [-0.2, -0.15) is 5.10 Å². The first-order chi connectivity index (χ1) is 17.3. The number of aromatic nitrogens is 2. The van der Waals surface area contributed by atoms with Crippen LogP contribution < -0.4 is 5.43 Å². The molecule has 0 radical (unpaired) electrons. The third-order valence-corrected chi connectivity index (χ3v) is 5.86. The normalized spacial score (nSPS) is 16.2. The van der Waals surface area contributed by atoms with Crippen molar-refractivity contribution in [3.8, 4) is 11.1 Å². The van der Waals surface area contributed by atoms with Crippen molar-refractivity contribution in [3.05, 3.63) is 77.6 Å². The lowest BCUT2D eigenvalue weighted by Crippen LogP contribution is -2.47. The molecule has 0 spiro atoms. The first-order valence-electron chi connectivity index (χ1n) is 11.4. The van der Waals surface area contributed by atoms with Gasteiger partial charge in [0.2, 0.25) is 0 Å². The fourth-order valence-electron chi connectivity index (χ4n) is 3.94. The number of carbonyl (C=O) groups excluding carboxylic acids is 2. The number of nitrogens with one attached hydrogen (secondary N) is 2. The highest BCUT2D eigenvalue weighted by Crippen LogP contribution is 2.20. The molecule has 1 aromatic heterocycles. The van der Waals surface area contributed by atoms with Crippen LogP contribution in [-0.4, -0.2) is 85.1 Å². The number of H-pyrrole nitrogens is 1. The number of hydrogen-bond donors (Lipinski definition) is 5. The van der Waals surface area contributed by atoms with E-state index in [1.165, 1.54) is 16.0 Å². The lowest BCUT2D eigenvalue weighted by Gasteiger charge is -2.24. The van der Waals surface area contributed by atoms with Gasteiger partial charge in [-0.1, -0.05) is 54.6 Å². The topological polar surface area (TPSA) is 159 Å². The van der Waals surface area contributed by atoms with Gasteiger partial charge in [0.25, 0.3) is 11.8 Å². The van der Waals surface area contributed by atoms with Crippen LogP contribution in [0.1, 0.15) is 33.0 Å². The molecule has 1 aliphatic rings. The summed E-state index contributed by atoms with van der Waals surface area (Å²) in [5, 5.41) is 36.4. The molecule has 11 heteroatoms. The number of amides is 2. The molecular weight excluding hydrogens is 466 g/mol. The molecule has 1 saturated heterocycles. The third-order valence-electron chi connectivity index (χ3n) is 5.86. The van der Waals surface area contributed by atoms with E-state index in [1.54, 1.807) is 0 Å². The summed E-state index contributed by atoms with van der Waals surface area (Å²) in [7, 11) is 0. The molecule has 2 heterocycles. The van der Waals surface area contributed by atoms with Gasteiger partial charge in [-0.05, 0) is 23.1 Å². The molecule has 2 amide bonds. The average Bonchev–Trinajstić information content (AvgIpc) is 3.54. The Bertz CT molecular complexity index is 1210. The minimum Gasteiger partial charge on any atom is -0.479 e. The number of carboxylic acids is 1. The lowest BCUT2D eigenvalue weighted by molar-refractivity contribution is -0.148. The average molecular weight is 494 g/mol. The van der Waals surface area contributed by atoms with E-state index in [4.69, 9.17) is 5.11 Å². The van der Waals surface area contributed by atoms with Crippen molar-refractivity contribution >= 4 is 17.8 Å². The number of carbonyl (C=O) groups is 3. The predicted molar refractivity (Wildman–Crippen MR) is 129 cm³/mol. The van der Waals surface area contributed by atoms with Gasteiger partial charge in [0.05, 0.1) is 12.6 Å². The standard InChI is InChI=1S/C25H27N5O6/c31-19-10-11-29(14-19)24(34)21-12-20(26-27-21)23(33)28-30(15-22(32)25(35)36)13-16-6-8-18(9-7-16)17-4-2-1-3-5-17/h1-9,12,19,22,31-32H,10-11,13-15H2,(H,26,27)(H,28,33)(H,35,36). The molecule has 2 unspecified atom stereocenters. The molecule has 0 aliphatic carbocycles. The number of rotatable bonds is 9. The fourth-order valence-corrected chi connectivity index (χ4v) is 3.94. The van der Waals surface area contributed by atoms with Crippen LogP contribution in [0.3, 0.4) is 0 Å². The molecule has 1 fully saturated rings. The van der Waals surface area contributed by atoms with E-state index in [9.17, 15) is 24.6 Å². The minimum atomic E-state index is -1.73. The first kappa shape index (κ1) is 25.0. The summed E-state index contributed by atoms with van der Waals surface area (Å²) in [5.74, 6) is -2.48. The summed E-state index contributed by atoms with van der Waals surface area (Å²) in [4.78, 5) is 38.0. The van der Waals surface area contributed by atoms with Gasteiger partial charge in [-0.15, -0.1) is 0 Å². The van der Waals surface area contributed by atoms with Gasteiger partial charge in [-0.25, -0.2) is 9.80 Å². The van der Waals surface area contributed by atoms with E-state index in [2.05, 4.69) is 15.6 Å². The van der Waals surface area contributed by atoms with Crippen molar-refractivity contribution in [2.45, 2.75) is 25.2 Å². The Morgan fingerprint density at radius 1 is 1.11 bits per heavy atom. The van der Waals surface area contributed by atoms with E-state index >= 15 is 0 Å². The Morgan fingerprint density at radius 2 is 1.81 bits per heavy atom.